The Bertz CT molecular complexity index is 482. The smallest absolute Gasteiger partial charge is 0.305 e. The first-order valence-electron chi connectivity index (χ1n) is 5.09. The Labute approximate surface area is 102 Å². The highest BCUT2D eigenvalue weighted by Gasteiger charge is 2.02. The monoisotopic (exact) mass is 249 g/mol. The lowest BCUT2D eigenvalue weighted by Crippen LogP contribution is -2.08. The summed E-state index contributed by atoms with van der Waals surface area (Å²) >= 11 is 1.60. The van der Waals surface area contributed by atoms with Gasteiger partial charge in [-0.05, 0) is 23.6 Å². The van der Waals surface area contributed by atoms with Crippen LogP contribution in [0.4, 0.5) is 5.82 Å². The molecule has 0 aliphatic carbocycles. The maximum absolute atomic E-state index is 10.3. The summed E-state index contributed by atoms with van der Waals surface area (Å²) in [6, 6.07) is 7.60. The molecule has 2 N–H and O–H groups in total. The number of carboxylic acids is 1. The topological polar surface area (TPSA) is 75.1 Å². The first-order chi connectivity index (χ1) is 8.25. The van der Waals surface area contributed by atoms with Crippen molar-refractivity contribution in [1.82, 2.24) is 10.2 Å². The number of nitrogens with zero attached hydrogens (tertiary/aromatic N) is 2. The highest BCUT2D eigenvalue weighted by molar-refractivity contribution is 7.13. The maximum atomic E-state index is 10.3. The molecule has 0 aliphatic heterocycles. The van der Waals surface area contributed by atoms with Crippen LogP contribution in [0.25, 0.3) is 10.6 Å². The normalized spacial score (nSPS) is 10.1. The summed E-state index contributed by atoms with van der Waals surface area (Å²) in [7, 11) is 0. The van der Waals surface area contributed by atoms with Gasteiger partial charge in [0.05, 0.1) is 11.3 Å². The predicted molar refractivity (Wildman–Crippen MR) is 66.1 cm³/mol. The quantitative estimate of drug-likeness (QED) is 0.848. The molecule has 2 heterocycles. The number of carboxylic acid groups (broad SMARTS) is 1. The minimum atomic E-state index is -0.833. The summed E-state index contributed by atoms with van der Waals surface area (Å²) in [4.78, 5) is 11.4. The highest BCUT2D eigenvalue weighted by atomic mass is 32.1. The van der Waals surface area contributed by atoms with Crippen molar-refractivity contribution in [2.75, 3.05) is 11.9 Å². The molecule has 0 aromatic carbocycles. The summed E-state index contributed by atoms with van der Waals surface area (Å²) in [6.07, 6.45) is 0.0638. The van der Waals surface area contributed by atoms with E-state index in [1.54, 1.807) is 17.4 Å². The third-order valence-electron chi connectivity index (χ3n) is 2.08. The van der Waals surface area contributed by atoms with Gasteiger partial charge in [0, 0.05) is 6.54 Å². The van der Waals surface area contributed by atoms with E-state index in [4.69, 9.17) is 5.11 Å². The summed E-state index contributed by atoms with van der Waals surface area (Å²) in [5, 5.41) is 21.4. The zero-order valence-electron chi connectivity index (χ0n) is 8.96. The van der Waals surface area contributed by atoms with Crippen molar-refractivity contribution in [1.29, 1.82) is 0 Å². The number of hydrogen-bond acceptors (Lipinski definition) is 5. The second-order valence-electron chi connectivity index (χ2n) is 3.35. The van der Waals surface area contributed by atoms with Gasteiger partial charge in [-0.15, -0.1) is 21.5 Å². The summed E-state index contributed by atoms with van der Waals surface area (Å²) in [5.41, 5.74) is 0.823. The Morgan fingerprint density at radius 2 is 2.24 bits per heavy atom. The lowest BCUT2D eigenvalue weighted by atomic mass is 10.3. The minimum Gasteiger partial charge on any atom is -0.481 e. The Balaban J connectivity index is 1.96. The molecule has 0 saturated carbocycles. The van der Waals surface area contributed by atoms with E-state index in [2.05, 4.69) is 15.5 Å². The largest absolute Gasteiger partial charge is 0.481 e. The summed E-state index contributed by atoms with van der Waals surface area (Å²) < 4.78 is 0. The highest BCUT2D eigenvalue weighted by Crippen LogP contribution is 2.22. The van der Waals surface area contributed by atoms with Crippen LogP contribution in [0.3, 0.4) is 0 Å². The van der Waals surface area contributed by atoms with Crippen LogP contribution >= 0.6 is 11.3 Å². The molecule has 0 radical (unpaired) electrons. The van der Waals surface area contributed by atoms with Crippen molar-refractivity contribution in [2.45, 2.75) is 6.42 Å². The van der Waals surface area contributed by atoms with Gasteiger partial charge in [-0.3, -0.25) is 4.79 Å². The molecule has 0 bridgehead atoms. The van der Waals surface area contributed by atoms with E-state index in [1.165, 1.54) is 0 Å². The summed E-state index contributed by atoms with van der Waals surface area (Å²) in [5.74, 6) is -0.243. The van der Waals surface area contributed by atoms with Gasteiger partial charge < -0.3 is 10.4 Å². The van der Waals surface area contributed by atoms with Crippen LogP contribution in [0.15, 0.2) is 29.6 Å². The van der Waals surface area contributed by atoms with Crippen LogP contribution in [0.1, 0.15) is 6.42 Å². The van der Waals surface area contributed by atoms with E-state index in [9.17, 15) is 4.79 Å². The third kappa shape index (κ3) is 3.25. The molecule has 0 saturated heterocycles. The van der Waals surface area contributed by atoms with E-state index in [0.717, 1.165) is 10.6 Å². The SMILES string of the molecule is O=C(O)CCNc1ccc(-c2cccs2)nn1. The predicted octanol–water partition coefficient (Wildman–Crippen LogP) is 2.09. The van der Waals surface area contributed by atoms with Crippen molar-refractivity contribution in [3.63, 3.8) is 0 Å². The van der Waals surface area contributed by atoms with Gasteiger partial charge in [0.2, 0.25) is 0 Å². The fourth-order valence-electron chi connectivity index (χ4n) is 1.28. The van der Waals surface area contributed by atoms with Crippen molar-refractivity contribution in [3.05, 3.63) is 29.6 Å². The average Bonchev–Trinajstić information content (AvgIpc) is 2.83. The van der Waals surface area contributed by atoms with Gasteiger partial charge >= 0.3 is 5.97 Å². The second-order valence-corrected chi connectivity index (χ2v) is 4.30. The van der Waals surface area contributed by atoms with Crippen LogP contribution < -0.4 is 5.32 Å². The number of thiophene rings is 1. The molecule has 0 fully saturated rings. The van der Waals surface area contributed by atoms with E-state index < -0.39 is 5.97 Å². The zero-order chi connectivity index (χ0) is 12.1. The molecule has 88 valence electrons. The molecule has 2 aromatic rings. The lowest BCUT2D eigenvalue weighted by molar-refractivity contribution is -0.136. The number of hydrogen-bond donors (Lipinski definition) is 2. The van der Waals surface area contributed by atoms with Gasteiger partial charge in [0.1, 0.15) is 11.5 Å². The molecular formula is C11H11N3O2S. The number of aromatic nitrogens is 2. The molecule has 6 heteroatoms. The van der Waals surface area contributed by atoms with Gasteiger partial charge in [-0.25, -0.2) is 0 Å². The number of anilines is 1. The zero-order valence-corrected chi connectivity index (χ0v) is 9.78. The van der Waals surface area contributed by atoms with Crippen LogP contribution in [-0.2, 0) is 4.79 Å². The standard InChI is InChI=1S/C11H11N3O2S/c15-11(16)5-6-12-10-4-3-8(13-14-10)9-2-1-7-17-9/h1-4,7H,5-6H2,(H,12,14)(H,15,16). The Morgan fingerprint density at radius 1 is 1.35 bits per heavy atom. The second kappa shape index (κ2) is 5.40. The van der Waals surface area contributed by atoms with E-state index >= 15 is 0 Å². The molecule has 0 unspecified atom stereocenters. The molecular weight excluding hydrogens is 238 g/mol. The molecule has 2 rings (SSSR count). The Kier molecular flexibility index (Phi) is 3.66. The van der Waals surface area contributed by atoms with Gasteiger partial charge in [0.25, 0.3) is 0 Å². The molecule has 17 heavy (non-hydrogen) atoms. The van der Waals surface area contributed by atoms with Crippen molar-refractivity contribution in [2.24, 2.45) is 0 Å². The molecule has 5 nitrogen and oxygen atoms in total. The minimum absolute atomic E-state index is 0.0638. The van der Waals surface area contributed by atoms with Gasteiger partial charge in [0.15, 0.2) is 0 Å². The molecule has 0 atom stereocenters. The first-order valence-corrected chi connectivity index (χ1v) is 5.97. The van der Waals surface area contributed by atoms with Crippen LogP contribution in [0.2, 0.25) is 0 Å². The summed E-state index contributed by atoms with van der Waals surface area (Å²) in [6.45, 7) is 0.350. The first kappa shape index (κ1) is 11.5. The van der Waals surface area contributed by atoms with E-state index in [-0.39, 0.29) is 6.42 Å². The van der Waals surface area contributed by atoms with Gasteiger partial charge in [-0.1, -0.05) is 6.07 Å². The number of aliphatic carboxylic acids is 1. The molecule has 0 aliphatic rings. The van der Waals surface area contributed by atoms with E-state index in [0.29, 0.717) is 12.4 Å². The molecule has 0 amide bonds. The van der Waals surface area contributed by atoms with Crippen LogP contribution in [0, 0.1) is 0 Å². The number of nitrogens with one attached hydrogen (secondary N) is 1. The van der Waals surface area contributed by atoms with Crippen LogP contribution in [0.5, 0.6) is 0 Å². The fraction of sp³-hybridized carbons (Fsp3) is 0.182. The van der Waals surface area contributed by atoms with Crippen LogP contribution in [-0.4, -0.2) is 27.8 Å². The van der Waals surface area contributed by atoms with Crippen molar-refractivity contribution >= 4 is 23.1 Å². The van der Waals surface area contributed by atoms with Gasteiger partial charge in [-0.2, -0.15) is 0 Å². The number of carbonyl (C=O) groups is 1. The maximum Gasteiger partial charge on any atom is 0.305 e. The molecule has 0 spiro atoms. The Morgan fingerprint density at radius 3 is 2.82 bits per heavy atom. The van der Waals surface area contributed by atoms with E-state index in [1.807, 2.05) is 23.6 Å². The molecule has 2 aromatic heterocycles. The Hall–Kier alpha value is -1.95. The fourth-order valence-corrected chi connectivity index (χ4v) is 1.97. The van der Waals surface area contributed by atoms with Crippen molar-refractivity contribution in [3.8, 4) is 10.6 Å². The average molecular weight is 249 g/mol. The van der Waals surface area contributed by atoms with Crippen molar-refractivity contribution < 1.29 is 9.90 Å². The number of rotatable bonds is 5. The lowest BCUT2D eigenvalue weighted by Gasteiger charge is -2.02. The third-order valence-corrected chi connectivity index (χ3v) is 2.98.